The Morgan fingerprint density at radius 2 is 1.37 bits per heavy atom. The molecule has 2 aliphatic heterocycles. The Labute approximate surface area is 349 Å². The molecule has 10 rings (SSSR count). The van der Waals surface area contributed by atoms with Gasteiger partial charge in [0.25, 0.3) is 0 Å². The molecule has 0 radical (unpaired) electrons. The Hall–Kier alpha value is -4.41. The van der Waals surface area contributed by atoms with Crippen molar-refractivity contribution in [3.63, 3.8) is 0 Å². The van der Waals surface area contributed by atoms with Gasteiger partial charge >= 0.3 is 13.2 Å². The molecule has 2 saturated carbocycles. The molecule has 3 heterocycles. The van der Waals surface area contributed by atoms with Crippen molar-refractivity contribution in [2.45, 2.75) is 146 Å². The lowest BCUT2D eigenvalue weighted by Gasteiger charge is -2.32. The first-order valence-electron chi connectivity index (χ1n) is 22.3. The van der Waals surface area contributed by atoms with Gasteiger partial charge in [0, 0.05) is 19.0 Å². The minimum absolute atomic E-state index is 0.0225. The fourth-order valence-corrected chi connectivity index (χ4v) is 11.9. The summed E-state index contributed by atoms with van der Waals surface area (Å²) in [4.78, 5) is 35.9. The number of nitrogens with zero attached hydrogens (tertiary/aromatic N) is 2. The van der Waals surface area contributed by atoms with Gasteiger partial charge in [-0.1, -0.05) is 62.4 Å². The number of alkyl carbamates (subject to hydrolysis) is 1. The molecular formula is C49H59BN4O5. The predicted molar refractivity (Wildman–Crippen MR) is 232 cm³/mol. The maximum Gasteiger partial charge on any atom is 0.495 e. The highest BCUT2D eigenvalue weighted by molar-refractivity contribution is 6.62. The average Bonchev–Trinajstić information content (AvgIpc) is 4.10. The molecular weight excluding hydrogens is 735 g/mol. The number of aromatic amines is 1. The first-order valence-corrected chi connectivity index (χ1v) is 22.3. The average molecular weight is 795 g/mol. The van der Waals surface area contributed by atoms with Crippen molar-refractivity contribution >= 4 is 24.6 Å². The molecule has 1 aromatic heterocycles. The van der Waals surface area contributed by atoms with E-state index in [1.807, 2.05) is 24.9 Å². The maximum absolute atomic E-state index is 13.6. The number of likely N-dealkylation sites (tertiary alicyclic amines) is 1. The van der Waals surface area contributed by atoms with Crippen molar-refractivity contribution in [1.82, 2.24) is 20.2 Å². The Morgan fingerprint density at radius 3 is 2.00 bits per heavy atom. The van der Waals surface area contributed by atoms with Gasteiger partial charge in [0.1, 0.15) is 11.9 Å². The number of amides is 2. The molecule has 308 valence electrons. The van der Waals surface area contributed by atoms with E-state index >= 15 is 0 Å². The van der Waals surface area contributed by atoms with E-state index in [-0.39, 0.29) is 36.2 Å². The molecule has 2 amide bonds. The standard InChI is InChI=1S/C49H59BN4O5/c1-27(2)45(53-47(56)57-7)46(55)54-22-8-9-34(54)25-40-51-26-39(52-40)29-12-10-28(11-13-29)35-18-19-36(42-31-15-14-30(23-31)41(35)42)37-20-21-38(44-33-17-16-32(24-33)43(37)44)50-58-48(3,4)49(5,6)59-50/h10-13,18-21,26-27,30-34,45H,8-9,14-17,22-25H2,1-7H3,(H,51,52)(H,53,56)/t30?,31?,32?,33?,34-,45-/m0/s1. The van der Waals surface area contributed by atoms with Crippen molar-refractivity contribution in [3.8, 4) is 33.5 Å². The number of carbonyl (C=O) groups is 2. The second kappa shape index (κ2) is 14.4. The zero-order valence-corrected chi connectivity index (χ0v) is 35.8. The van der Waals surface area contributed by atoms with Gasteiger partial charge in [0.05, 0.1) is 30.2 Å². The number of nitrogens with one attached hydrogen (secondary N) is 2. The van der Waals surface area contributed by atoms with Crippen LogP contribution in [0.2, 0.25) is 0 Å². The molecule has 3 aromatic carbocycles. The fraction of sp³-hybridized carbons (Fsp3) is 0.531. The first kappa shape index (κ1) is 38.8. The van der Waals surface area contributed by atoms with Crippen LogP contribution in [0.25, 0.3) is 33.5 Å². The second-order valence-corrected chi connectivity index (χ2v) is 19.7. The molecule has 10 heteroatoms. The Balaban J connectivity index is 0.912. The van der Waals surface area contributed by atoms with Crippen LogP contribution in [0.4, 0.5) is 4.79 Å². The molecule has 0 spiro atoms. The molecule has 6 aliphatic rings. The summed E-state index contributed by atoms with van der Waals surface area (Å²) >= 11 is 0. The molecule has 4 unspecified atom stereocenters. The zero-order valence-electron chi connectivity index (χ0n) is 35.8. The van der Waals surface area contributed by atoms with Crippen LogP contribution in [-0.4, -0.2) is 70.9 Å². The van der Waals surface area contributed by atoms with Crippen LogP contribution in [-0.2, 0) is 25.3 Å². The van der Waals surface area contributed by atoms with Gasteiger partial charge in [-0.2, -0.15) is 0 Å². The summed E-state index contributed by atoms with van der Waals surface area (Å²) in [7, 11) is 0.999. The van der Waals surface area contributed by atoms with Gasteiger partial charge in [-0.15, -0.1) is 0 Å². The summed E-state index contributed by atoms with van der Waals surface area (Å²) < 4.78 is 18.1. The van der Waals surface area contributed by atoms with E-state index < -0.39 is 12.1 Å². The van der Waals surface area contributed by atoms with Crippen molar-refractivity contribution in [2.24, 2.45) is 5.92 Å². The van der Waals surface area contributed by atoms with Gasteiger partial charge in [-0.3, -0.25) is 4.79 Å². The molecule has 4 aromatic rings. The molecule has 59 heavy (non-hydrogen) atoms. The van der Waals surface area contributed by atoms with E-state index in [2.05, 4.69) is 86.5 Å². The van der Waals surface area contributed by atoms with E-state index in [1.54, 1.807) is 16.7 Å². The van der Waals surface area contributed by atoms with Gasteiger partial charge < -0.3 is 29.2 Å². The number of hydrogen-bond donors (Lipinski definition) is 2. The SMILES string of the molecule is COC(=O)N[C@H](C(=O)N1CCC[C@H]1Cc1ncc(-c2ccc(-c3ccc(-c4ccc(B5OC(C)(C)C(C)(C)O5)c5c4C4CCC5C4)c4c3C3CCC4C3)cc2)[nH]1)C(C)C. The Bertz CT molecular complexity index is 2300. The normalized spacial score (nSPS) is 26.1. The van der Waals surface area contributed by atoms with Crippen LogP contribution < -0.4 is 10.8 Å². The number of hydrogen-bond acceptors (Lipinski definition) is 6. The van der Waals surface area contributed by atoms with Crippen molar-refractivity contribution in [1.29, 1.82) is 0 Å². The number of imidazole rings is 1. The van der Waals surface area contributed by atoms with Gasteiger partial charge in [0.15, 0.2) is 0 Å². The number of fused-ring (bicyclic) bond motifs is 10. The molecule has 6 atom stereocenters. The maximum atomic E-state index is 13.6. The molecule has 2 saturated heterocycles. The largest absolute Gasteiger partial charge is 0.495 e. The van der Waals surface area contributed by atoms with Crippen LogP contribution in [0.5, 0.6) is 0 Å². The lowest BCUT2D eigenvalue weighted by Crippen LogP contribution is -2.52. The number of ether oxygens (including phenoxy) is 1. The zero-order chi connectivity index (χ0) is 41.0. The molecule has 4 bridgehead atoms. The van der Waals surface area contributed by atoms with Crippen LogP contribution in [0, 0.1) is 5.92 Å². The summed E-state index contributed by atoms with van der Waals surface area (Å²) in [6.07, 6.45) is 11.4. The van der Waals surface area contributed by atoms with Crippen LogP contribution in [0.15, 0.2) is 54.7 Å². The third-order valence-electron chi connectivity index (χ3n) is 15.5. The third kappa shape index (κ3) is 6.38. The van der Waals surface area contributed by atoms with Crippen molar-refractivity contribution in [2.75, 3.05) is 13.7 Å². The number of H-pyrrole nitrogens is 1. The summed E-state index contributed by atoms with van der Waals surface area (Å²) in [6, 6.07) is 18.0. The minimum Gasteiger partial charge on any atom is -0.453 e. The van der Waals surface area contributed by atoms with E-state index in [4.69, 9.17) is 19.0 Å². The van der Waals surface area contributed by atoms with Gasteiger partial charge in [0.2, 0.25) is 5.91 Å². The quantitative estimate of drug-likeness (QED) is 0.164. The number of carbonyl (C=O) groups excluding carboxylic acids is 2. The van der Waals surface area contributed by atoms with Gasteiger partial charge in [-0.05, 0) is 164 Å². The highest BCUT2D eigenvalue weighted by Crippen LogP contribution is 2.61. The van der Waals surface area contributed by atoms with E-state index in [1.165, 1.54) is 78.9 Å². The topological polar surface area (TPSA) is 106 Å². The van der Waals surface area contributed by atoms with E-state index in [0.29, 0.717) is 36.6 Å². The van der Waals surface area contributed by atoms with Gasteiger partial charge in [-0.25, -0.2) is 9.78 Å². The van der Waals surface area contributed by atoms with E-state index in [0.717, 1.165) is 29.9 Å². The number of benzene rings is 3. The molecule has 4 fully saturated rings. The number of aromatic nitrogens is 2. The predicted octanol–water partition coefficient (Wildman–Crippen LogP) is 9.35. The van der Waals surface area contributed by atoms with Crippen molar-refractivity contribution < 1.29 is 23.6 Å². The number of methoxy groups -OCH3 is 1. The van der Waals surface area contributed by atoms with Crippen LogP contribution in [0.3, 0.4) is 0 Å². The van der Waals surface area contributed by atoms with Crippen LogP contribution in [0.1, 0.15) is 145 Å². The third-order valence-corrected chi connectivity index (χ3v) is 15.5. The monoisotopic (exact) mass is 794 g/mol. The first-order chi connectivity index (χ1) is 28.3. The summed E-state index contributed by atoms with van der Waals surface area (Å²) in [6.45, 7) is 13.2. The smallest absolute Gasteiger partial charge is 0.453 e. The minimum atomic E-state index is -0.628. The molecule has 4 aliphatic carbocycles. The summed E-state index contributed by atoms with van der Waals surface area (Å²) in [5, 5.41) is 2.75. The Kier molecular flexibility index (Phi) is 9.44. The fourth-order valence-electron chi connectivity index (χ4n) is 11.9. The number of rotatable bonds is 9. The van der Waals surface area contributed by atoms with Crippen LogP contribution >= 0.6 is 0 Å². The van der Waals surface area contributed by atoms with Crippen molar-refractivity contribution in [3.05, 3.63) is 82.8 Å². The lowest BCUT2D eigenvalue weighted by molar-refractivity contribution is -0.135. The molecule has 2 N–H and O–H groups in total. The second-order valence-electron chi connectivity index (χ2n) is 19.7. The Morgan fingerprint density at radius 1 is 0.814 bits per heavy atom. The highest BCUT2D eigenvalue weighted by atomic mass is 16.7. The lowest BCUT2D eigenvalue weighted by atomic mass is 9.69. The van der Waals surface area contributed by atoms with E-state index in [9.17, 15) is 9.59 Å². The molecule has 9 nitrogen and oxygen atoms in total. The highest BCUT2D eigenvalue weighted by Gasteiger charge is 2.54. The summed E-state index contributed by atoms with van der Waals surface area (Å²) in [5.74, 6) is 3.19. The summed E-state index contributed by atoms with van der Waals surface area (Å²) in [5.41, 5.74) is 14.5.